The summed E-state index contributed by atoms with van der Waals surface area (Å²) in [5.41, 5.74) is 2.32. The number of hydrogen-bond donors (Lipinski definition) is 1. The van der Waals surface area contributed by atoms with Gasteiger partial charge in [0.05, 0.1) is 5.52 Å². The van der Waals surface area contributed by atoms with E-state index in [4.69, 9.17) is 4.98 Å². The van der Waals surface area contributed by atoms with Crippen LogP contribution >= 0.6 is 0 Å². The van der Waals surface area contributed by atoms with Gasteiger partial charge in [-0.25, -0.2) is 0 Å². The molecule has 0 radical (unpaired) electrons. The van der Waals surface area contributed by atoms with Gasteiger partial charge in [0.15, 0.2) is 0 Å². The number of rotatable bonds is 7. The number of para-hydroxylation sites is 1. The summed E-state index contributed by atoms with van der Waals surface area (Å²) < 4.78 is 0. The van der Waals surface area contributed by atoms with Gasteiger partial charge in [-0.2, -0.15) is 0 Å². The van der Waals surface area contributed by atoms with E-state index in [9.17, 15) is 0 Å². The monoisotopic (exact) mass is 256 g/mol. The maximum atomic E-state index is 4.72. The molecule has 2 nitrogen and oxygen atoms in total. The lowest BCUT2D eigenvalue weighted by Gasteiger charge is -2.15. The molecule has 0 aliphatic carbocycles. The van der Waals surface area contributed by atoms with Crippen LogP contribution in [0.5, 0.6) is 0 Å². The zero-order chi connectivity index (χ0) is 13.5. The lowest BCUT2D eigenvalue weighted by atomic mass is 10.1. The van der Waals surface area contributed by atoms with Gasteiger partial charge in [-0.15, -0.1) is 0 Å². The van der Waals surface area contributed by atoms with Gasteiger partial charge < -0.3 is 5.32 Å². The largest absolute Gasteiger partial charge is 0.314 e. The summed E-state index contributed by atoms with van der Waals surface area (Å²) in [4.78, 5) is 4.72. The molecule has 1 heterocycles. The zero-order valence-corrected chi connectivity index (χ0v) is 12.0. The van der Waals surface area contributed by atoms with E-state index in [1.54, 1.807) is 0 Å². The van der Waals surface area contributed by atoms with E-state index in [1.807, 2.05) is 0 Å². The average molecular weight is 256 g/mol. The van der Waals surface area contributed by atoms with Gasteiger partial charge in [0.25, 0.3) is 0 Å². The first-order chi connectivity index (χ1) is 9.33. The first-order valence-electron chi connectivity index (χ1n) is 7.41. The number of fused-ring (bicyclic) bond motifs is 1. The molecule has 2 heteroatoms. The molecule has 1 N–H and O–H groups in total. The van der Waals surface area contributed by atoms with Crippen LogP contribution in [0.15, 0.2) is 36.4 Å². The molecule has 0 bridgehead atoms. The molecule has 0 saturated heterocycles. The van der Waals surface area contributed by atoms with Crippen molar-refractivity contribution in [2.45, 2.75) is 45.6 Å². The highest BCUT2D eigenvalue weighted by Crippen LogP contribution is 2.13. The maximum absolute atomic E-state index is 4.72. The van der Waals surface area contributed by atoms with Crippen LogP contribution in [0.3, 0.4) is 0 Å². The molecule has 0 spiro atoms. The van der Waals surface area contributed by atoms with Gasteiger partial charge in [-0.3, -0.25) is 4.98 Å². The summed E-state index contributed by atoms with van der Waals surface area (Å²) in [5.74, 6) is 0. The van der Waals surface area contributed by atoms with Gasteiger partial charge in [-0.05, 0) is 44.4 Å². The number of benzene rings is 1. The molecule has 1 aromatic heterocycles. The fourth-order valence-electron chi connectivity index (χ4n) is 2.52. The molecule has 0 saturated carbocycles. The molecule has 0 aliphatic heterocycles. The predicted octanol–water partition coefficient (Wildman–Crippen LogP) is 3.95. The number of pyridine rings is 1. The Bertz CT molecular complexity index is 507. The van der Waals surface area contributed by atoms with E-state index in [0.717, 1.165) is 18.5 Å². The van der Waals surface area contributed by atoms with E-state index in [0.29, 0.717) is 6.04 Å². The highest BCUT2D eigenvalue weighted by atomic mass is 14.9. The fraction of sp³-hybridized carbons (Fsp3) is 0.471. The van der Waals surface area contributed by atoms with Crippen LogP contribution in [0.1, 0.15) is 38.8 Å². The van der Waals surface area contributed by atoms with Crippen molar-refractivity contribution in [3.63, 3.8) is 0 Å². The third-order valence-corrected chi connectivity index (χ3v) is 3.63. The Hall–Kier alpha value is -1.41. The van der Waals surface area contributed by atoms with Crippen LogP contribution in [0.4, 0.5) is 0 Å². The molecular weight excluding hydrogens is 232 g/mol. The summed E-state index contributed by atoms with van der Waals surface area (Å²) in [5, 5.41) is 4.75. The Kier molecular flexibility index (Phi) is 5.34. The van der Waals surface area contributed by atoms with E-state index >= 15 is 0 Å². The molecule has 1 atom stereocenters. The SMILES string of the molecule is CCNC(CC)CCCc1ccc2ccccc2n1. The minimum atomic E-state index is 0.658. The lowest BCUT2D eigenvalue weighted by molar-refractivity contribution is 0.466. The third kappa shape index (κ3) is 4.03. The number of aryl methyl sites for hydroxylation is 1. The van der Waals surface area contributed by atoms with Crippen molar-refractivity contribution < 1.29 is 0 Å². The molecule has 19 heavy (non-hydrogen) atoms. The van der Waals surface area contributed by atoms with E-state index in [1.165, 1.54) is 30.3 Å². The topological polar surface area (TPSA) is 24.9 Å². The van der Waals surface area contributed by atoms with E-state index in [2.05, 4.69) is 55.6 Å². The number of aromatic nitrogens is 1. The second kappa shape index (κ2) is 7.25. The lowest BCUT2D eigenvalue weighted by Crippen LogP contribution is -2.28. The Morgan fingerprint density at radius 3 is 2.74 bits per heavy atom. The Balaban J connectivity index is 1.90. The molecule has 1 unspecified atom stereocenters. The van der Waals surface area contributed by atoms with Gasteiger partial charge in [0, 0.05) is 17.1 Å². The van der Waals surface area contributed by atoms with Crippen molar-refractivity contribution in [2.75, 3.05) is 6.54 Å². The maximum Gasteiger partial charge on any atom is 0.0705 e. The van der Waals surface area contributed by atoms with Gasteiger partial charge in [0.1, 0.15) is 0 Å². The zero-order valence-electron chi connectivity index (χ0n) is 12.0. The molecule has 1 aromatic carbocycles. The second-order valence-corrected chi connectivity index (χ2v) is 5.05. The van der Waals surface area contributed by atoms with Crippen molar-refractivity contribution in [1.29, 1.82) is 0 Å². The molecule has 2 rings (SSSR count). The van der Waals surface area contributed by atoms with Crippen LogP contribution in [0, 0.1) is 0 Å². The molecule has 0 amide bonds. The summed E-state index contributed by atoms with van der Waals surface area (Å²) >= 11 is 0. The Morgan fingerprint density at radius 1 is 1.11 bits per heavy atom. The van der Waals surface area contributed by atoms with Crippen molar-refractivity contribution >= 4 is 10.9 Å². The van der Waals surface area contributed by atoms with Crippen molar-refractivity contribution in [3.8, 4) is 0 Å². The van der Waals surface area contributed by atoms with Crippen LogP contribution in [0.25, 0.3) is 10.9 Å². The summed E-state index contributed by atoms with van der Waals surface area (Å²) in [6.07, 6.45) is 4.72. The van der Waals surface area contributed by atoms with Crippen molar-refractivity contribution in [3.05, 3.63) is 42.1 Å². The summed E-state index contributed by atoms with van der Waals surface area (Å²) in [7, 11) is 0. The number of nitrogens with zero attached hydrogens (tertiary/aromatic N) is 1. The summed E-state index contributed by atoms with van der Waals surface area (Å²) in [6, 6.07) is 13.3. The molecule has 102 valence electrons. The van der Waals surface area contributed by atoms with Gasteiger partial charge >= 0.3 is 0 Å². The van der Waals surface area contributed by atoms with E-state index < -0.39 is 0 Å². The van der Waals surface area contributed by atoms with Crippen molar-refractivity contribution in [2.24, 2.45) is 0 Å². The highest BCUT2D eigenvalue weighted by molar-refractivity contribution is 5.78. The van der Waals surface area contributed by atoms with Crippen LogP contribution in [-0.2, 0) is 6.42 Å². The van der Waals surface area contributed by atoms with Crippen LogP contribution in [0.2, 0.25) is 0 Å². The van der Waals surface area contributed by atoms with Gasteiger partial charge in [-0.1, -0.05) is 38.1 Å². The molecule has 2 aromatic rings. The fourth-order valence-corrected chi connectivity index (χ4v) is 2.52. The smallest absolute Gasteiger partial charge is 0.0705 e. The Morgan fingerprint density at radius 2 is 1.95 bits per heavy atom. The normalized spacial score (nSPS) is 12.7. The standard InChI is InChI=1S/C17H24N2/c1-3-15(18-4-2)9-7-10-16-13-12-14-8-5-6-11-17(14)19-16/h5-6,8,11-13,15,18H,3-4,7,9-10H2,1-2H3. The second-order valence-electron chi connectivity index (χ2n) is 5.05. The summed E-state index contributed by atoms with van der Waals surface area (Å²) in [6.45, 7) is 5.49. The van der Waals surface area contributed by atoms with Gasteiger partial charge in [0.2, 0.25) is 0 Å². The minimum Gasteiger partial charge on any atom is -0.314 e. The van der Waals surface area contributed by atoms with Crippen molar-refractivity contribution in [1.82, 2.24) is 10.3 Å². The average Bonchev–Trinajstić information content (AvgIpc) is 2.46. The Labute approximate surface area is 116 Å². The predicted molar refractivity (Wildman–Crippen MR) is 82.4 cm³/mol. The quantitative estimate of drug-likeness (QED) is 0.811. The van der Waals surface area contributed by atoms with Crippen LogP contribution in [-0.4, -0.2) is 17.6 Å². The minimum absolute atomic E-state index is 0.658. The van der Waals surface area contributed by atoms with E-state index in [-0.39, 0.29) is 0 Å². The molecular formula is C17H24N2. The number of hydrogen-bond acceptors (Lipinski definition) is 2. The molecule has 0 fully saturated rings. The first-order valence-corrected chi connectivity index (χ1v) is 7.41. The third-order valence-electron chi connectivity index (χ3n) is 3.63. The van der Waals surface area contributed by atoms with Crippen LogP contribution < -0.4 is 5.32 Å². The number of nitrogens with one attached hydrogen (secondary N) is 1. The first kappa shape index (κ1) is 14.0. The highest BCUT2D eigenvalue weighted by Gasteiger charge is 2.04. The molecule has 0 aliphatic rings.